The van der Waals surface area contributed by atoms with Gasteiger partial charge >= 0.3 is 0 Å². The van der Waals surface area contributed by atoms with E-state index in [1.165, 1.54) is 43.7 Å². The standard InChI is InChI=1S/C17H32N6.HI/c1-6-8-23-9-7-15(12-23)10-19-17(18-4)20-11-16-13(2)21-22(5)14(16)3;/h15H,6-12H2,1-5H3,(H2,18,19,20);1H. The van der Waals surface area contributed by atoms with Gasteiger partial charge < -0.3 is 15.5 Å². The van der Waals surface area contributed by atoms with Crippen LogP contribution in [-0.2, 0) is 13.6 Å². The fraction of sp³-hybridized carbons (Fsp3) is 0.765. The maximum Gasteiger partial charge on any atom is 0.191 e. The highest BCUT2D eigenvalue weighted by atomic mass is 127. The predicted molar refractivity (Wildman–Crippen MR) is 111 cm³/mol. The zero-order valence-corrected chi connectivity index (χ0v) is 18.1. The molecule has 0 amide bonds. The molecule has 7 heteroatoms. The van der Waals surface area contributed by atoms with Crippen LogP contribution in [-0.4, -0.2) is 53.9 Å². The summed E-state index contributed by atoms with van der Waals surface area (Å²) < 4.78 is 1.93. The number of nitrogens with zero attached hydrogens (tertiary/aromatic N) is 4. The van der Waals surface area contributed by atoms with Crippen LogP contribution in [0, 0.1) is 19.8 Å². The molecule has 0 aromatic carbocycles. The van der Waals surface area contributed by atoms with Crippen LogP contribution in [0.1, 0.15) is 36.7 Å². The summed E-state index contributed by atoms with van der Waals surface area (Å²) in [6.07, 6.45) is 2.53. The average Bonchev–Trinajstić information content (AvgIpc) is 3.06. The molecule has 1 saturated heterocycles. The van der Waals surface area contributed by atoms with E-state index >= 15 is 0 Å². The highest BCUT2D eigenvalue weighted by Gasteiger charge is 2.21. The minimum atomic E-state index is 0. The van der Waals surface area contributed by atoms with E-state index in [0.717, 1.165) is 30.7 Å². The van der Waals surface area contributed by atoms with Crippen LogP contribution < -0.4 is 10.6 Å². The molecule has 0 bridgehead atoms. The van der Waals surface area contributed by atoms with E-state index in [4.69, 9.17) is 0 Å². The SMILES string of the molecule is CCCN1CCC(CNC(=NC)NCc2c(C)nn(C)c2C)C1.I. The predicted octanol–water partition coefficient (Wildman–Crippen LogP) is 2.05. The molecule has 1 aromatic heterocycles. The summed E-state index contributed by atoms with van der Waals surface area (Å²) >= 11 is 0. The molecule has 138 valence electrons. The van der Waals surface area contributed by atoms with Crippen LogP contribution >= 0.6 is 24.0 Å². The number of hydrogen-bond donors (Lipinski definition) is 2. The van der Waals surface area contributed by atoms with E-state index in [0.29, 0.717) is 0 Å². The van der Waals surface area contributed by atoms with Crippen molar-refractivity contribution in [2.75, 3.05) is 33.2 Å². The number of hydrogen-bond acceptors (Lipinski definition) is 3. The van der Waals surface area contributed by atoms with Gasteiger partial charge in [-0.2, -0.15) is 5.10 Å². The monoisotopic (exact) mass is 448 g/mol. The summed E-state index contributed by atoms with van der Waals surface area (Å²) in [5, 5.41) is 11.3. The zero-order chi connectivity index (χ0) is 16.8. The van der Waals surface area contributed by atoms with Crippen molar-refractivity contribution >= 4 is 29.9 Å². The second kappa shape index (κ2) is 10.2. The normalized spacial score (nSPS) is 18.5. The van der Waals surface area contributed by atoms with E-state index in [1.807, 2.05) is 18.8 Å². The first-order chi connectivity index (χ1) is 11.0. The topological polar surface area (TPSA) is 57.5 Å². The van der Waals surface area contributed by atoms with Crippen molar-refractivity contribution in [3.05, 3.63) is 17.0 Å². The Kier molecular flexibility index (Phi) is 9.04. The fourth-order valence-corrected chi connectivity index (χ4v) is 3.31. The third kappa shape index (κ3) is 5.61. The van der Waals surface area contributed by atoms with Gasteiger partial charge in [0.2, 0.25) is 0 Å². The maximum absolute atomic E-state index is 4.46. The van der Waals surface area contributed by atoms with E-state index in [9.17, 15) is 0 Å². The summed E-state index contributed by atoms with van der Waals surface area (Å²) in [5.74, 6) is 1.60. The van der Waals surface area contributed by atoms with Crippen LogP contribution in [0.3, 0.4) is 0 Å². The third-order valence-corrected chi connectivity index (χ3v) is 4.78. The number of likely N-dealkylation sites (tertiary alicyclic amines) is 1. The van der Waals surface area contributed by atoms with Crippen LogP contribution in [0.25, 0.3) is 0 Å². The quantitative estimate of drug-likeness (QED) is 0.398. The number of nitrogens with one attached hydrogen (secondary N) is 2. The van der Waals surface area contributed by atoms with E-state index < -0.39 is 0 Å². The summed E-state index contributed by atoms with van der Waals surface area (Å²) in [6, 6.07) is 0. The Balaban J connectivity index is 0.00000288. The molecule has 1 aromatic rings. The molecule has 0 aliphatic carbocycles. The lowest BCUT2D eigenvalue weighted by Crippen LogP contribution is -2.40. The van der Waals surface area contributed by atoms with Gasteiger partial charge in [-0.3, -0.25) is 9.67 Å². The van der Waals surface area contributed by atoms with Gasteiger partial charge in [-0.1, -0.05) is 6.92 Å². The Hall–Kier alpha value is -0.830. The van der Waals surface area contributed by atoms with E-state index in [1.54, 1.807) is 0 Å². The summed E-state index contributed by atoms with van der Waals surface area (Å²) in [5.41, 5.74) is 3.54. The first-order valence-electron chi connectivity index (χ1n) is 8.71. The number of aliphatic imine (C=N–C) groups is 1. The van der Waals surface area contributed by atoms with Crippen LogP contribution in [0.2, 0.25) is 0 Å². The first-order valence-corrected chi connectivity index (χ1v) is 8.71. The van der Waals surface area contributed by atoms with Gasteiger partial charge in [-0.25, -0.2) is 0 Å². The average molecular weight is 448 g/mol. The highest BCUT2D eigenvalue weighted by Crippen LogP contribution is 2.15. The second-order valence-electron chi connectivity index (χ2n) is 6.53. The van der Waals surface area contributed by atoms with Crippen LogP contribution in [0.4, 0.5) is 0 Å². The Bertz CT molecular complexity index is 539. The lowest BCUT2D eigenvalue weighted by Gasteiger charge is -2.17. The van der Waals surface area contributed by atoms with Gasteiger partial charge in [0.05, 0.1) is 5.69 Å². The molecule has 0 saturated carbocycles. The zero-order valence-electron chi connectivity index (χ0n) is 15.7. The molecule has 0 radical (unpaired) electrons. The Morgan fingerprint density at radius 1 is 1.33 bits per heavy atom. The van der Waals surface area contributed by atoms with Crippen LogP contribution in [0.15, 0.2) is 4.99 Å². The number of guanidine groups is 1. The van der Waals surface area contributed by atoms with Crippen molar-refractivity contribution in [1.29, 1.82) is 0 Å². The van der Waals surface area contributed by atoms with E-state index in [2.05, 4.69) is 46.4 Å². The van der Waals surface area contributed by atoms with Crippen molar-refractivity contribution in [2.45, 2.75) is 40.2 Å². The molecule has 1 atom stereocenters. The van der Waals surface area contributed by atoms with Crippen molar-refractivity contribution in [2.24, 2.45) is 18.0 Å². The Morgan fingerprint density at radius 2 is 2.08 bits per heavy atom. The van der Waals surface area contributed by atoms with Gasteiger partial charge in [0.25, 0.3) is 0 Å². The van der Waals surface area contributed by atoms with Gasteiger partial charge in [0.1, 0.15) is 0 Å². The Morgan fingerprint density at radius 3 is 2.67 bits per heavy atom. The first kappa shape index (κ1) is 21.2. The molecule has 1 aliphatic rings. The Labute approximate surface area is 163 Å². The van der Waals surface area contributed by atoms with Gasteiger partial charge in [-0.05, 0) is 45.7 Å². The molecule has 1 fully saturated rings. The largest absolute Gasteiger partial charge is 0.356 e. The number of aryl methyl sites for hydroxylation is 2. The second-order valence-corrected chi connectivity index (χ2v) is 6.53. The van der Waals surface area contributed by atoms with Crippen molar-refractivity contribution < 1.29 is 0 Å². The molecular weight excluding hydrogens is 415 g/mol. The highest BCUT2D eigenvalue weighted by molar-refractivity contribution is 14.0. The summed E-state index contributed by atoms with van der Waals surface area (Å²) in [6.45, 7) is 11.8. The molecular formula is C17H33IN6. The molecule has 2 heterocycles. The van der Waals surface area contributed by atoms with E-state index in [-0.39, 0.29) is 24.0 Å². The summed E-state index contributed by atoms with van der Waals surface area (Å²) in [7, 11) is 3.82. The van der Waals surface area contributed by atoms with Gasteiger partial charge in [-0.15, -0.1) is 24.0 Å². The summed E-state index contributed by atoms with van der Waals surface area (Å²) in [4.78, 5) is 6.90. The van der Waals surface area contributed by atoms with Crippen molar-refractivity contribution in [3.8, 4) is 0 Å². The minimum absolute atomic E-state index is 0. The number of aromatic nitrogens is 2. The molecule has 1 aliphatic heterocycles. The van der Waals surface area contributed by atoms with Gasteiger partial charge in [0.15, 0.2) is 5.96 Å². The smallest absolute Gasteiger partial charge is 0.191 e. The van der Waals surface area contributed by atoms with Crippen LogP contribution in [0.5, 0.6) is 0 Å². The number of rotatable bonds is 6. The molecule has 24 heavy (non-hydrogen) atoms. The number of halogens is 1. The third-order valence-electron chi connectivity index (χ3n) is 4.78. The molecule has 2 N–H and O–H groups in total. The molecule has 1 unspecified atom stereocenters. The van der Waals surface area contributed by atoms with Gasteiger partial charge in [0, 0.05) is 45.0 Å². The van der Waals surface area contributed by atoms with Crippen molar-refractivity contribution in [3.63, 3.8) is 0 Å². The lowest BCUT2D eigenvalue weighted by atomic mass is 10.1. The molecule has 0 spiro atoms. The van der Waals surface area contributed by atoms with Crippen molar-refractivity contribution in [1.82, 2.24) is 25.3 Å². The molecule has 6 nitrogen and oxygen atoms in total. The fourth-order valence-electron chi connectivity index (χ4n) is 3.31. The lowest BCUT2D eigenvalue weighted by molar-refractivity contribution is 0.324. The maximum atomic E-state index is 4.46. The minimum Gasteiger partial charge on any atom is -0.356 e. The molecule has 2 rings (SSSR count).